The zero-order chi connectivity index (χ0) is 17.2. The molecule has 7 heteroatoms. The first kappa shape index (κ1) is 17.3. The van der Waals surface area contributed by atoms with E-state index in [1.165, 1.54) is 13.2 Å². The third-order valence-electron chi connectivity index (χ3n) is 3.83. The van der Waals surface area contributed by atoms with Crippen LogP contribution in [0.5, 0.6) is 11.5 Å². The lowest BCUT2D eigenvalue weighted by Crippen LogP contribution is -2.38. The van der Waals surface area contributed by atoms with Crippen molar-refractivity contribution < 1.29 is 29.3 Å². The summed E-state index contributed by atoms with van der Waals surface area (Å²) in [6, 6.07) is 1.40. The molecule has 0 aliphatic heterocycles. The lowest BCUT2D eigenvalue weighted by atomic mass is 9.89. The number of ketones is 1. The monoisotopic (exact) mass is 340 g/mol. The van der Waals surface area contributed by atoms with Crippen LogP contribution < -0.4 is 9.47 Å². The van der Waals surface area contributed by atoms with Crippen molar-refractivity contribution in [1.82, 2.24) is 0 Å². The number of aldehydes is 1. The van der Waals surface area contributed by atoms with Crippen LogP contribution in [0.2, 0.25) is 5.02 Å². The van der Waals surface area contributed by atoms with Gasteiger partial charge in [-0.2, -0.15) is 0 Å². The van der Waals surface area contributed by atoms with Gasteiger partial charge in [0.15, 0.2) is 17.7 Å². The van der Waals surface area contributed by atoms with Crippen LogP contribution in [0.4, 0.5) is 0 Å². The second-order valence-corrected chi connectivity index (χ2v) is 5.77. The van der Waals surface area contributed by atoms with E-state index in [0.717, 1.165) is 6.08 Å². The number of aliphatic hydroxyl groups excluding tert-OH is 2. The standard InChI is InChI=1S/C16H17ClO6/c1-16(4-3-10(20)6-13(16)21)23-15-11(8-19)12(22-2)5-9(7-18)14(15)17/h5-7,19,21H,3-4,8H2,1-2H3/t16-/m0/s1. The van der Waals surface area contributed by atoms with Crippen LogP contribution >= 0.6 is 11.6 Å². The minimum absolute atomic E-state index is 0.00998. The Bertz CT molecular complexity index is 682. The van der Waals surface area contributed by atoms with Gasteiger partial charge in [-0.25, -0.2) is 0 Å². The van der Waals surface area contributed by atoms with Crippen LogP contribution in [0.25, 0.3) is 0 Å². The zero-order valence-electron chi connectivity index (χ0n) is 12.8. The van der Waals surface area contributed by atoms with E-state index in [1.807, 2.05) is 0 Å². The molecule has 1 aliphatic rings. The highest BCUT2D eigenvalue weighted by Crippen LogP contribution is 2.42. The summed E-state index contributed by atoms with van der Waals surface area (Å²) in [5.74, 6) is -0.138. The molecule has 0 spiro atoms. The van der Waals surface area contributed by atoms with Gasteiger partial charge in [0, 0.05) is 24.5 Å². The molecule has 1 aromatic carbocycles. The van der Waals surface area contributed by atoms with Crippen LogP contribution in [-0.2, 0) is 11.4 Å². The maximum absolute atomic E-state index is 11.4. The number of hydrogen-bond acceptors (Lipinski definition) is 6. The molecule has 0 unspecified atom stereocenters. The molecular formula is C16H17ClO6. The second-order valence-electron chi connectivity index (χ2n) is 5.39. The molecule has 0 heterocycles. The molecule has 0 saturated carbocycles. The Morgan fingerprint density at radius 1 is 1.48 bits per heavy atom. The SMILES string of the molecule is COc1cc(C=O)c(Cl)c(O[C@@]2(C)CCC(=O)C=C2O)c1CO. The fourth-order valence-electron chi connectivity index (χ4n) is 2.39. The first-order valence-corrected chi connectivity index (χ1v) is 7.32. The van der Waals surface area contributed by atoms with Crippen molar-refractivity contribution in [2.45, 2.75) is 32.0 Å². The molecular weight excluding hydrogens is 324 g/mol. The number of rotatable bonds is 5. The number of methoxy groups -OCH3 is 1. The normalized spacial score (nSPS) is 20.9. The first-order valence-electron chi connectivity index (χ1n) is 6.94. The number of allylic oxidation sites excluding steroid dienone is 1. The van der Waals surface area contributed by atoms with Crippen LogP contribution in [0.15, 0.2) is 17.9 Å². The molecule has 1 aromatic rings. The van der Waals surface area contributed by atoms with E-state index in [2.05, 4.69) is 0 Å². The van der Waals surface area contributed by atoms with Gasteiger partial charge in [0.2, 0.25) is 0 Å². The lowest BCUT2D eigenvalue weighted by molar-refractivity contribution is -0.117. The fraction of sp³-hybridized carbons (Fsp3) is 0.375. The molecule has 0 amide bonds. The number of benzene rings is 1. The van der Waals surface area contributed by atoms with Crippen LogP contribution in [0, 0.1) is 0 Å². The summed E-state index contributed by atoms with van der Waals surface area (Å²) in [5, 5.41) is 19.7. The minimum Gasteiger partial charge on any atom is -0.508 e. The van der Waals surface area contributed by atoms with Gasteiger partial charge in [-0.1, -0.05) is 11.6 Å². The molecule has 0 bridgehead atoms. The third-order valence-corrected chi connectivity index (χ3v) is 4.22. The van der Waals surface area contributed by atoms with Crippen molar-refractivity contribution in [2.75, 3.05) is 7.11 Å². The first-order chi connectivity index (χ1) is 10.9. The largest absolute Gasteiger partial charge is 0.508 e. The average Bonchev–Trinajstić information content (AvgIpc) is 2.53. The predicted octanol–water partition coefficient (Wildman–Crippen LogP) is 2.60. The van der Waals surface area contributed by atoms with E-state index >= 15 is 0 Å². The Morgan fingerprint density at radius 2 is 2.17 bits per heavy atom. The van der Waals surface area contributed by atoms with Gasteiger partial charge in [0.1, 0.15) is 17.3 Å². The maximum atomic E-state index is 11.4. The Hall–Kier alpha value is -2.05. The van der Waals surface area contributed by atoms with Gasteiger partial charge >= 0.3 is 0 Å². The highest BCUT2D eigenvalue weighted by atomic mass is 35.5. The summed E-state index contributed by atoms with van der Waals surface area (Å²) in [7, 11) is 1.39. The molecule has 6 nitrogen and oxygen atoms in total. The van der Waals surface area contributed by atoms with Crippen molar-refractivity contribution >= 4 is 23.7 Å². The Balaban J connectivity index is 2.56. The van der Waals surface area contributed by atoms with E-state index < -0.39 is 12.2 Å². The number of ether oxygens (including phenoxy) is 2. The number of hydrogen-bond donors (Lipinski definition) is 2. The van der Waals surface area contributed by atoms with E-state index in [4.69, 9.17) is 21.1 Å². The molecule has 0 fully saturated rings. The molecule has 0 aromatic heterocycles. The minimum atomic E-state index is -1.19. The average molecular weight is 341 g/mol. The summed E-state index contributed by atoms with van der Waals surface area (Å²) in [5.41, 5.74) is -0.794. The summed E-state index contributed by atoms with van der Waals surface area (Å²) in [4.78, 5) is 22.5. The van der Waals surface area contributed by atoms with Gasteiger partial charge in [0.25, 0.3) is 0 Å². The summed E-state index contributed by atoms with van der Waals surface area (Å²) >= 11 is 6.19. The Labute approximate surface area is 138 Å². The molecule has 1 aliphatic carbocycles. The number of aliphatic hydroxyl groups is 2. The van der Waals surface area contributed by atoms with Gasteiger partial charge in [-0.05, 0) is 13.0 Å². The molecule has 2 N–H and O–H groups in total. The number of halogens is 1. The maximum Gasteiger partial charge on any atom is 0.163 e. The highest BCUT2D eigenvalue weighted by molar-refractivity contribution is 6.34. The fourth-order valence-corrected chi connectivity index (χ4v) is 2.64. The third kappa shape index (κ3) is 3.18. The van der Waals surface area contributed by atoms with Crippen LogP contribution in [0.3, 0.4) is 0 Å². The summed E-state index contributed by atoms with van der Waals surface area (Å²) in [6.07, 6.45) is 2.10. The molecule has 23 heavy (non-hydrogen) atoms. The Morgan fingerprint density at radius 3 is 2.70 bits per heavy atom. The van der Waals surface area contributed by atoms with Gasteiger partial charge in [0.05, 0.1) is 24.3 Å². The Kier molecular flexibility index (Phi) is 4.97. The van der Waals surface area contributed by atoms with Crippen LogP contribution in [-0.4, -0.2) is 35.0 Å². The predicted molar refractivity (Wildman–Crippen MR) is 83.3 cm³/mol. The van der Waals surface area contributed by atoms with Gasteiger partial charge < -0.3 is 19.7 Å². The topological polar surface area (TPSA) is 93.1 Å². The summed E-state index contributed by atoms with van der Waals surface area (Å²) < 4.78 is 11.0. The molecule has 124 valence electrons. The van der Waals surface area contributed by atoms with Crippen molar-refractivity contribution in [3.63, 3.8) is 0 Å². The zero-order valence-corrected chi connectivity index (χ0v) is 13.5. The van der Waals surface area contributed by atoms with Crippen molar-refractivity contribution in [1.29, 1.82) is 0 Å². The quantitative estimate of drug-likeness (QED) is 0.800. The van der Waals surface area contributed by atoms with E-state index in [-0.39, 0.29) is 52.0 Å². The summed E-state index contributed by atoms with van der Waals surface area (Å²) in [6.45, 7) is 1.17. The van der Waals surface area contributed by atoms with Crippen molar-refractivity contribution in [3.05, 3.63) is 34.1 Å². The highest BCUT2D eigenvalue weighted by Gasteiger charge is 2.37. The number of carbonyl (C=O) groups is 2. The second kappa shape index (κ2) is 6.60. The van der Waals surface area contributed by atoms with Gasteiger partial charge in [-0.15, -0.1) is 0 Å². The van der Waals surface area contributed by atoms with E-state index in [1.54, 1.807) is 6.92 Å². The van der Waals surface area contributed by atoms with Crippen molar-refractivity contribution in [3.8, 4) is 11.5 Å². The van der Waals surface area contributed by atoms with Crippen LogP contribution in [0.1, 0.15) is 35.7 Å². The van der Waals surface area contributed by atoms with E-state index in [9.17, 15) is 19.8 Å². The number of carbonyl (C=O) groups excluding carboxylic acids is 2. The lowest BCUT2D eigenvalue weighted by Gasteiger charge is -2.33. The molecule has 2 rings (SSSR count). The molecule has 1 atom stereocenters. The van der Waals surface area contributed by atoms with Crippen molar-refractivity contribution in [2.24, 2.45) is 0 Å². The molecule has 0 radical (unpaired) electrons. The van der Waals surface area contributed by atoms with E-state index in [0.29, 0.717) is 6.29 Å². The van der Waals surface area contributed by atoms with Gasteiger partial charge in [-0.3, -0.25) is 9.59 Å². The smallest absolute Gasteiger partial charge is 0.163 e. The molecule has 0 saturated heterocycles.